The molecule has 0 radical (unpaired) electrons. The van der Waals surface area contributed by atoms with Crippen LogP contribution in [0.15, 0.2) is 57.4 Å². The van der Waals surface area contributed by atoms with Crippen LogP contribution in [0.4, 0.5) is 4.39 Å². The van der Waals surface area contributed by atoms with Crippen molar-refractivity contribution in [3.63, 3.8) is 0 Å². The van der Waals surface area contributed by atoms with E-state index < -0.39 is 0 Å². The Balaban J connectivity index is 2.10. The molecule has 0 fully saturated rings. The van der Waals surface area contributed by atoms with Gasteiger partial charge in [-0.05, 0) is 42.4 Å². The predicted octanol–water partition coefficient (Wildman–Crippen LogP) is 5.03. The minimum absolute atomic E-state index is 0.188. The second-order valence-corrected chi connectivity index (χ2v) is 5.70. The maximum atomic E-state index is 13.6. The smallest absolute Gasteiger partial charge is 0.134 e. The van der Waals surface area contributed by atoms with Gasteiger partial charge in [-0.25, -0.2) is 4.39 Å². The predicted molar refractivity (Wildman–Crippen MR) is 85.8 cm³/mol. The van der Waals surface area contributed by atoms with Gasteiger partial charge in [0.05, 0.1) is 6.04 Å². The first-order valence-electron chi connectivity index (χ1n) is 6.86. The van der Waals surface area contributed by atoms with Crippen LogP contribution >= 0.6 is 15.9 Å². The van der Waals surface area contributed by atoms with Crippen LogP contribution in [-0.2, 0) is 0 Å². The van der Waals surface area contributed by atoms with Crippen LogP contribution in [0.1, 0.15) is 24.3 Å². The van der Waals surface area contributed by atoms with Gasteiger partial charge in [0.15, 0.2) is 0 Å². The maximum absolute atomic E-state index is 13.6. The largest absolute Gasteiger partial charge is 0.459 e. The molecule has 0 aliphatic rings. The lowest BCUT2D eigenvalue weighted by atomic mass is 10.0. The number of fused-ring (bicyclic) bond motifs is 1. The normalized spacial score (nSPS) is 12.7. The molecule has 0 spiro atoms. The van der Waals surface area contributed by atoms with Gasteiger partial charge in [-0.1, -0.05) is 41.1 Å². The second kappa shape index (κ2) is 6.00. The van der Waals surface area contributed by atoms with Crippen molar-refractivity contribution in [1.82, 2.24) is 5.32 Å². The maximum Gasteiger partial charge on any atom is 0.134 e. The molecule has 0 saturated heterocycles. The Labute approximate surface area is 131 Å². The Hall–Kier alpha value is -1.65. The Morgan fingerprint density at radius 3 is 2.76 bits per heavy atom. The third-order valence-corrected chi connectivity index (χ3v) is 4.13. The van der Waals surface area contributed by atoms with Gasteiger partial charge >= 0.3 is 0 Å². The van der Waals surface area contributed by atoms with E-state index in [1.807, 2.05) is 37.3 Å². The second-order valence-electron chi connectivity index (χ2n) is 4.84. The molecular formula is C17H15BrFNO. The highest BCUT2D eigenvalue weighted by atomic mass is 79.9. The van der Waals surface area contributed by atoms with Crippen LogP contribution in [-0.4, -0.2) is 6.54 Å². The standard InChI is InChI=1S/C17H15BrFNO/c1-2-20-17(13-10-12(19)7-8-14(13)18)16-9-11-5-3-4-6-15(11)21-16/h3-10,17,20H,2H2,1H3. The van der Waals surface area contributed by atoms with Gasteiger partial charge in [0, 0.05) is 9.86 Å². The molecule has 0 bridgehead atoms. The summed E-state index contributed by atoms with van der Waals surface area (Å²) >= 11 is 3.49. The zero-order valence-corrected chi connectivity index (χ0v) is 13.2. The molecule has 1 unspecified atom stereocenters. The van der Waals surface area contributed by atoms with Crippen LogP contribution in [0.2, 0.25) is 0 Å². The number of para-hydroxylation sites is 1. The van der Waals surface area contributed by atoms with E-state index in [-0.39, 0.29) is 11.9 Å². The van der Waals surface area contributed by atoms with Gasteiger partial charge in [0.1, 0.15) is 17.2 Å². The molecule has 1 heterocycles. The molecule has 21 heavy (non-hydrogen) atoms. The molecule has 2 nitrogen and oxygen atoms in total. The van der Waals surface area contributed by atoms with E-state index >= 15 is 0 Å². The molecule has 4 heteroatoms. The minimum Gasteiger partial charge on any atom is -0.459 e. The molecule has 1 N–H and O–H groups in total. The van der Waals surface area contributed by atoms with Crippen LogP contribution < -0.4 is 5.32 Å². The number of benzene rings is 2. The monoisotopic (exact) mass is 347 g/mol. The number of halogens is 2. The van der Waals surface area contributed by atoms with Crippen molar-refractivity contribution in [2.75, 3.05) is 6.54 Å². The van der Waals surface area contributed by atoms with Gasteiger partial charge in [-0.2, -0.15) is 0 Å². The number of hydrogen-bond donors (Lipinski definition) is 1. The van der Waals surface area contributed by atoms with E-state index in [9.17, 15) is 4.39 Å². The van der Waals surface area contributed by atoms with Crippen molar-refractivity contribution in [3.8, 4) is 0 Å². The van der Waals surface area contributed by atoms with Crippen LogP contribution in [0.3, 0.4) is 0 Å². The molecule has 1 aromatic heterocycles. The van der Waals surface area contributed by atoms with Gasteiger partial charge in [-0.3, -0.25) is 0 Å². The fourth-order valence-electron chi connectivity index (χ4n) is 2.45. The third kappa shape index (κ3) is 2.87. The van der Waals surface area contributed by atoms with Crippen molar-refractivity contribution < 1.29 is 8.81 Å². The molecule has 0 aliphatic heterocycles. The molecular weight excluding hydrogens is 333 g/mol. The average Bonchev–Trinajstić information content (AvgIpc) is 2.91. The quantitative estimate of drug-likeness (QED) is 0.715. The minimum atomic E-state index is -0.257. The third-order valence-electron chi connectivity index (χ3n) is 3.41. The van der Waals surface area contributed by atoms with Gasteiger partial charge in [0.2, 0.25) is 0 Å². The Morgan fingerprint density at radius 2 is 2.00 bits per heavy atom. The van der Waals surface area contributed by atoms with Crippen molar-refractivity contribution in [1.29, 1.82) is 0 Å². The zero-order valence-electron chi connectivity index (χ0n) is 11.6. The zero-order chi connectivity index (χ0) is 14.8. The first-order chi connectivity index (χ1) is 10.2. The van der Waals surface area contributed by atoms with Crippen molar-refractivity contribution in [3.05, 3.63) is 70.1 Å². The molecule has 0 saturated carbocycles. The summed E-state index contributed by atoms with van der Waals surface area (Å²) in [6.45, 7) is 2.77. The first-order valence-corrected chi connectivity index (χ1v) is 7.65. The average molecular weight is 348 g/mol. The summed E-state index contributed by atoms with van der Waals surface area (Å²) in [4.78, 5) is 0. The molecule has 2 aromatic carbocycles. The fraction of sp³-hybridized carbons (Fsp3) is 0.176. The van der Waals surface area contributed by atoms with E-state index in [2.05, 4.69) is 21.2 Å². The first kappa shape index (κ1) is 14.3. The SMILES string of the molecule is CCNC(c1cc2ccccc2o1)c1cc(F)ccc1Br. The summed E-state index contributed by atoms with van der Waals surface area (Å²) in [6, 6.07) is 14.4. The summed E-state index contributed by atoms with van der Waals surface area (Å²) in [7, 11) is 0. The molecule has 0 aliphatic carbocycles. The molecule has 3 aromatic rings. The van der Waals surface area contributed by atoms with E-state index in [1.165, 1.54) is 12.1 Å². The van der Waals surface area contributed by atoms with Crippen LogP contribution in [0.25, 0.3) is 11.0 Å². The van der Waals surface area contributed by atoms with E-state index in [0.717, 1.165) is 33.3 Å². The van der Waals surface area contributed by atoms with E-state index in [0.29, 0.717) is 0 Å². The summed E-state index contributed by atoms with van der Waals surface area (Å²) in [6.07, 6.45) is 0. The molecule has 0 amide bonds. The number of rotatable bonds is 4. The van der Waals surface area contributed by atoms with Gasteiger partial charge in [-0.15, -0.1) is 0 Å². The van der Waals surface area contributed by atoms with Crippen molar-refractivity contribution >= 4 is 26.9 Å². The summed E-state index contributed by atoms with van der Waals surface area (Å²) in [5, 5.41) is 4.40. The van der Waals surface area contributed by atoms with E-state index in [1.54, 1.807) is 6.07 Å². The Bertz CT molecular complexity index is 735. The number of hydrogen-bond acceptors (Lipinski definition) is 2. The fourth-order valence-corrected chi connectivity index (χ4v) is 2.92. The lowest BCUT2D eigenvalue weighted by Gasteiger charge is -2.17. The number of furan rings is 1. The van der Waals surface area contributed by atoms with Crippen molar-refractivity contribution in [2.45, 2.75) is 13.0 Å². The lowest BCUT2D eigenvalue weighted by Crippen LogP contribution is -2.22. The lowest BCUT2D eigenvalue weighted by molar-refractivity contribution is 0.474. The Morgan fingerprint density at radius 1 is 1.19 bits per heavy atom. The van der Waals surface area contributed by atoms with Crippen molar-refractivity contribution in [2.24, 2.45) is 0 Å². The molecule has 1 atom stereocenters. The Kier molecular flexibility index (Phi) is 4.08. The molecule has 3 rings (SSSR count). The van der Waals surface area contributed by atoms with Crippen LogP contribution in [0, 0.1) is 5.82 Å². The van der Waals surface area contributed by atoms with Crippen LogP contribution in [0.5, 0.6) is 0 Å². The topological polar surface area (TPSA) is 25.2 Å². The highest BCUT2D eigenvalue weighted by Gasteiger charge is 2.20. The molecule has 108 valence electrons. The summed E-state index contributed by atoms with van der Waals surface area (Å²) in [5.41, 5.74) is 1.67. The summed E-state index contributed by atoms with van der Waals surface area (Å²) < 4.78 is 20.4. The van der Waals surface area contributed by atoms with Gasteiger partial charge < -0.3 is 9.73 Å². The highest BCUT2D eigenvalue weighted by Crippen LogP contribution is 2.32. The number of nitrogens with one attached hydrogen (secondary N) is 1. The highest BCUT2D eigenvalue weighted by molar-refractivity contribution is 9.10. The van der Waals surface area contributed by atoms with E-state index in [4.69, 9.17) is 4.42 Å². The van der Waals surface area contributed by atoms with Gasteiger partial charge in [0.25, 0.3) is 0 Å². The summed E-state index contributed by atoms with van der Waals surface area (Å²) in [5.74, 6) is 0.525.